The van der Waals surface area contributed by atoms with Crippen molar-refractivity contribution >= 4 is 20.5 Å². The first-order valence-corrected chi connectivity index (χ1v) is 8.03. The molecule has 0 aliphatic carbocycles. The van der Waals surface area contributed by atoms with E-state index in [0.29, 0.717) is 13.0 Å². The molecule has 0 aromatic heterocycles. The van der Waals surface area contributed by atoms with Crippen molar-refractivity contribution in [1.82, 2.24) is 9.80 Å². The Labute approximate surface area is 114 Å². The molecule has 0 bridgehead atoms. The van der Waals surface area contributed by atoms with E-state index < -0.39 is 25.8 Å². The zero-order valence-electron chi connectivity index (χ0n) is 11.5. The molecule has 1 unspecified atom stereocenters. The zero-order valence-corrected chi connectivity index (χ0v) is 12.1. The van der Waals surface area contributed by atoms with Crippen molar-refractivity contribution in [2.24, 2.45) is 0 Å². The van der Waals surface area contributed by atoms with Crippen LogP contribution in [0.1, 0.15) is 14.8 Å². The minimum atomic E-state index is -4.92. The Morgan fingerprint density at radius 2 is 1.79 bits per heavy atom. The standard InChI is InChI=1S/C8H16N2O3S.H2O4S/c1-8(14(11,12)13)3-4-10-6-5-9(2)7-10;1-5(2,3)4/h5-6,8H,3-4,7H2,1-2H3,(H,11,12,13);(H2,1,2,3,4). The molecule has 1 aliphatic rings. The molecule has 1 aliphatic heterocycles. The van der Waals surface area contributed by atoms with Crippen LogP contribution < -0.4 is 0 Å². The summed E-state index contributed by atoms with van der Waals surface area (Å²) < 4.78 is 63.0. The number of hydrogen-bond donors (Lipinski definition) is 2. The summed E-state index contributed by atoms with van der Waals surface area (Å²) in [7, 11) is -6.84. The average molecular weight is 318 g/mol. The third kappa shape index (κ3) is 10.7. The van der Waals surface area contributed by atoms with Crippen LogP contribution >= 0.6 is 0 Å². The third-order valence-electron chi connectivity index (χ3n) is 2.27. The molecule has 114 valence electrons. The summed E-state index contributed by atoms with van der Waals surface area (Å²) in [5.74, 6) is 0. The fraction of sp³-hybridized carbons (Fsp3) is 0.750. The lowest BCUT2D eigenvalue weighted by atomic mass is 10.3. The average Bonchev–Trinajstić information content (AvgIpc) is 2.56. The SMILES string of the molecule is CC(CCN1C=CN(C)C1)S(=O)(=O)O.O=S(=O)([O-])O.[H+]. The molecule has 2 N–H and O–H groups in total. The number of nitrogens with zero attached hydrogens (tertiary/aromatic N) is 2. The van der Waals surface area contributed by atoms with Gasteiger partial charge in [0.1, 0.15) is 0 Å². The van der Waals surface area contributed by atoms with E-state index in [2.05, 4.69) is 0 Å². The highest BCUT2D eigenvalue weighted by atomic mass is 32.3. The monoisotopic (exact) mass is 318 g/mol. The van der Waals surface area contributed by atoms with Crippen LogP contribution in [-0.4, -0.2) is 65.8 Å². The first-order valence-electron chi connectivity index (χ1n) is 5.17. The van der Waals surface area contributed by atoms with Crippen molar-refractivity contribution in [3.63, 3.8) is 0 Å². The Morgan fingerprint density at radius 1 is 1.32 bits per heavy atom. The normalized spacial score (nSPS) is 17.1. The van der Waals surface area contributed by atoms with Crippen LogP contribution in [0.5, 0.6) is 0 Å². The fourth-order valence-corrected chi connectivity index (χ4v) is 1.63. The molecule has 0 aromatic rings. The van der Waals surface area contributed by atoms with Gasteiger partial charge in [-0.15, -0.1) is 0 Å². The largest absolute Gasteiger partial charge is 1.00 e. The summed E-state index contributed by atoms with van der Waals surface area (Å²) in [6.07, 6.45) is 4.28. The van der Waals surface area contributed by atoms with E-state index in [4.69, 9.17) is 22.1 Å². The molecule has 0 amide bonds. The maximum Gasteiger partial charge on any atom is 1.00 e. The van der Waals surface area contributed by atoms with Crippen LogP contribution in [0, 0.1) is 0 Å². The van der Waals surface area contributed by atoms with Crippen molar-refractivity contribution in [3.8, 4) is 0 Å². The van der Waals surface area contributed by atoms with E-state index in [1.54, 1.807) is 0 Å². The van der Waals surface area contributed by atoms with Crippen LogP contribution in [-0.2, 0) is 20.5 Å². The van der Waals surface area contributed by atoms with Gasteiger partial charge >= 0.3 is 1.43 Å². The second-order valence-corrected chi connectivity index (χ2v) is 6.74. The second-order valence-electron chi connectivity index (χ2n) is 4.05. The van der Waals surface area contributed by atoms with Gasteiger partial charge in [-0.2, -0.15) is 8.42 Å². The molecule has 9 nitrogen and oxygen atoms in total. The molecule has 0 fully saturated rings. The summed E-state index contributed by atoms with van der Waals surface area (Å²) in [6.45, 7) is 2.93. The van der Waals surface area contributed by atoms with Gasteiger partial charge in [0.05, 0.1) is 11.9 Å². The topological polar surface area (TPSA) is 138 Å². The predicted octanol–water partition coefficient (Wildman–Crippen LogP) is -0.554. The van der Waals surface area contributed by atoms with E-state index in [9.17, 15) is 8.42 Å². The highest BCUT2D eigenvalue weighted by molar-refractivity contribution is 7.86. The van der Waals surface area contributed by atoms with Gasteiger partial charge in [-0.05, 0) is 13.3 Å². The van der Waals surface area contributed by atoms with E-state index in [1.807, 2.05) is 29.2 Å². The summed E-state index contributed by atoms with van der Waals surface area (Å²) in [6, 6.07) is 0. The molecule has 0 spiro atoms. The molecule has 1 atom stereocenters. The number of rotatable bonds is 4. The first-order chi connectivity index (χ1) is 8.39. The van der Waals surface area contributed by atoms with Crippen LogP contribution in [0.4, 0.5) is 0 Å². The molecule has 0 aromatic carbocycles. The Balaban J connectivity index is 0. The third-order valence-corrected chi connectivity index (χ3v) is 3.52. The first kappa shape index (κ1) is 18.1. The lowest BCUT2D eigenvalue weighted by molar-refractivity contribution is 0.292. The van der Waals surface area contributed by atoms with Crippen molar-refractivity contribution in [3.05, 3.63) is 12.4 Å². The number of hydrogen-bond acceptors (Lipinski definition) is 7. The second kappa shape index (κ2) is 7.05. The van der Waals surface area contributed by atoms with Crippen LogP contribution in [0.2, 0.25) is 0 Å². The van der Waals surface area contributed by atoms with E-state index in [1.165, 1.54) is 6.92 Å². The summed E-state index contributed by atoms with van der Waals surface area (Å²) >= 11 is 0. The quantitative estimate of drug-likeness (QED) is 0.516. The molecule has 1 rings (SSSR count). The molecule has 0 radical (unpaired) electrons. The Bertz CT molecular complexity index is 497. The highest BCUT2D eigenvalue weighted by Crippen LogP contribution is 2.08. The maximum absolute atomic E-state index is 10.7. The van der Waals surface area contributed by atoms with Crippen LogP contribution in [0.15, 0.2) is 12.4 Å². The summed E-state index contributed by atoms with van der Waals surface area (Å²) in [4.78, 5) is 4.00. The molecule has 0 saturated heterocycles. The van der Waals surface area contributed by atoms with Gasteiger partial charge in [0.15, 0.2) is 0 Å². The summed E-state index contributed by atoms with van der Waals surface area (Å²) in [5, 5.41) is -0.693. The lowest BCUT2D eigenvalue weighted by Gasteiger charge is -2.19. The molecule has 11 heteroatoms. The van der Waals surface area contributed by atoms with Gasteiger partial charge in [0, 0.05) is 26.0 Å². The van der Waals surface area contributed by atoms with Gasteiger partial charge in [0.2, 0.25) is 10.4 Å². The van der Waals surface area contributed by atoms with Crippen LogP contribution in [0.25, 0.3) is 0 Å². The minimum Gasteiger partial charge on any atom is -0.726 e. The van der Waals surface area contributed by atoms with Gasteiger partial charge in [-0.1, -0.05) is 0 Å². The maximum atomic E-state index is 10.7. The van der Waals surface area contributed by atoms with Crippen molar-refractivity contribution < 1.29 is 31.9 Å². The van der Waals surface area contributed by atoms with Gasteiger partial charge in [-0.3, -0.25) is 9.11 Å². The Morgan fingerprint density at radius 3 is 2.11 bits per heavy atom. The van der Waals surface area contributed by atoms with Gasteiger partial charge in [0.25, 0.3) is 10.1 Å². The van der Waals surface area contributed by atoms with Crippen molar-refractivity contribution in [1.29, 1.82) is 0 Å². The molecule has 19 heavy (non-hydrogen) atoms. The van der Waals surface area contributed by atoms with Gasteiger partial charge in [-0.25, -0.2) is 8.42 Å². The van der Waals surface area contributed by atoms with E-state index >= 15 is 0 Å². The highest BCUT2D eigenvalue weighted by Gasteiger charge is 2.18. The molecule has 1 heterocycles. The molecular weight excluding hydrogens is 300 g/mol. The van der Waals surface area contributed by atoms with Crippen molar-refractivity contribution in [2.45, 2.75) is 18.6 Å². The molecular formula is C8H18N2O7S2. The zero-order chi connectivity index (χ0) is 15.3. The summed E-state index contributed by atoms with van der Waals surface area (Å²) in [5.41, 5.74) is 0. The fourth-order valence-electron chi connectivity index (χ4n) is 1.23. The van der Waals surface area contributed by atoms with Crippen molar-refractivity contribution in [2.75, 3.05) is 20.3 Å². The Kier molecular flexibility index (Phi) is 6.72. The minimum absolute atomic E-state index is 0. The molecule has 0 saturated carbocycles. The lowest BCUT2D eigenvalue weighted by Crippen LogP contribution is -2.27. The van der Waals surface area contributed by atoms with Gasteiger partial charge < -0.3 is 14.4 Å². The smallest absolute Gasteiger partial charge is 0.726 e. The predicted molar refractivity (Wildman–Crippen MR) is 67.5 cm³/mol. The van der Waals surface area contributed by atoms with E-state index in [-0.39, 0.29) is 1.43 Å². The van der Waals surface area contributed by atoms with E-state index in [0.717, 1.165) is 6.67 Å². The van der Waals surface area contributed by atoms with Crippen LogP contribution in [0.3, 0.4) is 0 Å². The Hall–Kier alpha value is -0.880.